The van der Waals surface area contributed by atoms with Crippen LogP contribution in [0.2, 0.25) is 10.3 Å². The Balaban J connectivity index is 2.91. The van der Waals surface area contributed by atoms with Crippen molar-refractivity contribution in [2.24, 2.45) is 5.92 Å². The zero-order valence-corrected chi connectivity index (χ0v) is 11.3. The molecule has 0 spiro atoms. The Hall–Kier alpha value is -1.33. The van der Waals surface area contributed by atoms with E-state index in [2.05, 4.69) is 10.3 Å². The second-order valence-electron chi connectivity index (χ2n) is 4.01. The summed E-state index contributed by atoms with van der Waals surface area (Å²) in [6, 6.07) is 1.82. The number of rotatable bonds is 4. The molecule has 0 fully saturated rings. The number of hydrogen-bond acceptors (Lipinski definition) is 3. The number of nitrogens with zero attached hydrogens (tertiary/aromatic N) is 1. The van der Waals surface area contributed by atoms with Gasteiger partial charge >= 0.3 is 5.97 Å². The third-order valence-corrected chi connectivity index (χ3v) is 2.78. The SMILES string of the molecule is CC(C)C(NC(=O)c1ccc(Cl)nc1Cl)C(=O)O. The zero-order valence-electron chi connectivity index (χ0n) is 9.78. The minimum atomic E-state index is -1.10. The Bertz CT molecular complexity index is 477. The van der Waals surface area contributed by atoms with Crippen LogP contribution >= 0.6 is 23.2 Å². The molecule has 2 N–H and O–H groups in total. The minimum absolute atomic E-state index is 0.0621. The number of carboxylic acid groups (broad SMARTS) is 1. The summed E-state index contributed by atoms with van der Waals surface area (Å²) in [5, 5.41) is 11.5. The fraction of sp³-hybridized carbons (Fsp3) is 0.364. The third-order valence-electron chi connectivity index (χ3n) is 2.28. The number of hydrogen-bond donors (Lipinski definition) is 2. The summed E-state index contributed by atoms with van der Waals surface area (Å²) in [5.41, 5.74) is 0.0907. The van der Waals surface area contributed by atoms with Gasteiger partial charge in [0.05, 0.1) is 5.56 Å². The standard InChI is InChI=1S/C11H12Cl2N2O3/c1-5(2)8(11(17)18)15-10(16)6-3-4-7(12)14-9(6)13/h3-5,8H,1-2H3,(H,15,16)(H,17,18). The molecule has 1 aromatic heterocycles. The average molecular weight is 291 g/mol. The molecule has 1 heterocycles. The maximum Gasteiger partial charge on any atom is 0.326 e. The van der Waals surface area contributed by atoms with Crippen LogP contribution in [0.15, 0.2) is 12.1 Å². The fourth-order valence-corrected chi connectivity index (χ4v) is 1.74. The van der Waals surface area contributed by atoms with Crippen molar-refractivity contribution in [2.75, 3.05) is 0 Å². The predicted molar refractivity (Wildman–Crippen MR) is 68.0 cm³/mol. The number of halogens is 2. The Labute approximate surface area is 114 Å². The van der Waals surface area contributed by atoms with Crippen LogP contribution in [0.4, 0.5) is 0 Å². The molecule has 0 saturated heterocycles. The van der Waals surface area contributed by atoms with Crippen molar-refractivity contribution in [3.05, 3.63) is 28.0 Å². The van der Waals surface area contributed by atoms with E-state index in [4.69, 9.17) is 28.3 Å². The van der Waals surface area contributed by atoms with Crippen molar-refractivity contribution in [1.82, 2.24) is 10.3 Å². The molecular weight excluding hydrogens is 279 g/mol. The van der Waals surface area contributed by atoms with Gasteiger partial charge < -0.3 is 10.4 Å². The molecule has 0 aliphatic heterocycles. The van der Waals surface area contributed by atoms with Crippen LogP contribution in [-0.2, 0) is 4.79 Å². The maximum atomic E-state index is 11.9. The molecule has 0 aliphatic carbocycles. The van der Waals surface area contributed by atoms with E-state index in [0.29, 0.717) is 0 Å². The van der Waals surface area contributed by atoms with Gasteiger partial charge in [-0.1, -0.05) is 37.0 Å². The highest BCUT2D eigenvalue weighted by Gasteiger charge is 2.25. The van der Waals surface area contributed by atoms with E-state index >= 15 is 0 Å². The number of amides is 1. The zero-order chi connectivity index (χ0) is 13.9. The van der Waals surface area contributed by atoms with Crippen LogP contribution in [0.1, 0.15) is 24.2 Å². The minimum Gasteiger partial charge on any atom is -0.480 e. The second kappa shape index (κ2) is 6.02. The van der Waals surface area contributed by atoms with E-state index in [1.54, 1.807) is 13.8 Å². The van der Waals surface area contributed by atoms with Crippen LogP contribution < -0.4 is 5.32 Å². The van der Waals surface area contributed by atoms with Crippen LogP contribution in [-0.4, -0.2) is 28.0 Å². The average Bonchev–Trinajstić information content (AvgIpc) is 2.24. The summed E-state index contributed by atoms with van der Waals surface area (Å²) in [7, 11) is 0. The summed E-state index contributed by atoms with van der Waals surface area (Å²) >= 11 is 11.4. The lowest BCUT2D eigenvalue weighted by atomic mass is 10.0. The molecule has 1 amide bonds. The molecule has 98 valence electrons. The molecule has 0 bridgehead atoms. The van der Waals surface area contributed by atoms with E-state index < -0.39 is 17.9 Å². The topological polar surface area (TPSA) is 79.3 Å². The van der Waals surface area contributed by atoms with Gasteiger partial charge in [-0.3, -0.25) is 4.79 Å². The van der Waals surface area contributed by atoms with Gasteiger partial charge in [0, 0.05) is 0 Å². The van der Waals surface area contributed by atoms with E-state index in [9.17, 15) is 9.59 Å². The van der Waals surface area contributed by atoms with Crippen LogP contribution in [0.25, 0.3) is 0 Å². The quantitative estimate of drug-likeness (QED) is 0.834. The van der Waals surface area contributed by atoms with Crippen molar-refractivity contribution in [3.8, 4) is 0 Å². The summed E-state index contributed by atoms with van der Waals surface area (Å²) < 4.78 is 0. The summed E-state index contributed by atoms with van der Waals surface area (Å²) in [6.07, 6.45) is 0. The van der Waals surface area contributed by atoms with Gasteiger partial charge in [-0.25, -0.2) is 9.78 Å². The molecule has 5 nitrogen and oxygen atoms in total. The lowest BCUT2D eigenvalue weighted by Gasteiger charge is -2.18. The molecule has 7 heteroatoms. The first-order valence-electron chi connectivity index (χ1n) is 5.18. The summed E-state index contributed by atoms with van der Waals surface area (Å²) in [4.78, 5) is 26.5. The first-order valence-corrected chi connectivity index (χ1v) is 5.94. The Morgan fingerprint density at radius 3 is 2.39 bits per heavy atom. The van der Waals surface area contributed by atoms with Crippen molar-refractivity contribution < 1.29 is 14.7 Å². The van der Waals surface area contributed by atoms with E-state index in [1.165, 1.54) is 12.1 Å². The van der Waals surface area contributed by atoms with Gasteiger partial charge in [-0.05, 0) is 18.1 Å². The van der Waals surface area contributed by atoms with Crippen molar-refractivity contribution in [1.29, 1.82) is 0 Å². The molecule has 0 radical (unpaired) electrons. The van der Waals surface area contributed by atoms with Gasteiger partial charge in [0.25, 0.3) is 5.91 Å². The van der Waals surface area contributed by atoms with Gasteiger partial charge in [0.15, 0.2) is 0 Å². The van der Waals surface area contributed by atoms with Crippen molar-refractivity contribution in [2.45, 2.75) is 19.9 Å². The molecular formula is C11H12Cl2N2O3. The summed E-state index contributed by atoms with van der Waals surface area (Å²) in [6.45, 7) is 3.39. The first kappa shape index (κ1) is 14.7. The number of carboxylic acids is 1. The molecule has 1 atom stereocenters. The smallest absolute Gasteiger partial charge is 0.326 e. The molecule has 18 heavy (non-hydrogen) atoms. The van der Waals surface area contributed by atoms with Crippen LogP contribution in [0, 0.1) is 5.92 Å². The highest BCUT2D eigenvalue weighted by Crippen LogP contribution is 2.17. The van der Waals surface area contributed by atoms with E-state index in [1.807, 2.05) is 0 Å². The molecule has 0 aromatic carbocycles. The fourth-order valence-electron chi connectivity index (χ4n) is 1.31. The molecule has 1 rings (SSSR count). The number of aromatic nitrogens is 1. The van der Waals surface area contributed by atoms with Crippen molar-refractivity contribution >= 4 is 35.1 Å². The Morgan fingerprint density at radius 1 is 1.33 bits per heavy atom. The monoisotopic (exact) mass is 290 g/mol. The van der Waals surface area contributed by atoms with Gasteiger partial charge in [0.2, 0.25) is 0 Å². The Morgan fingerprint density at radius 2 is 1.94 bits per heavy atom. The maximum absolute atomic E-state index is 11.9. The lowest BCUT2D eigenvalue weighted by Crippen LogP contribution is -2.44. The van der Waals surface area contributed by atoms with E-state index in [-0.39, 0.29) is 21.8 Å². The van der Waals surface area contributed by atoms with Gasteiger partial charge in [-0.2, -0.15) is 0 Å². The number of nitrogens with one attached hydrogen (secondary N) is 1. The van der Waals surface area contributed by atoms with Crippen molar-refractivity contribution in [3.63, 3.8) is 0 Å². The predicted octanol–water partition coefficient (Wildman–Crippen LogP) is 2.23. The highest BCUT2D eigenvalue weighted by molar-refractivity contribution is 6.34. The van der Waals surface area contributed by atoms with Gasteiger partial charge in [0.1, 0.15) is 16.3 Å². The molecule has 1 aromatic rings. The summed E-state index contributed by atoms with van der Waals surface area (Å²) in [5.74, 6) is -1.94. The van der Waals surface area contributed by atoms with Crippen LogP contribution in [0.3, 0.4) is 0 Å². The number of carbonyl (C=O) groups excluding carboxylic acids is 1. The Kier molecular flexibility index (Phi) is 4.93. The number of pyridine rings is 1. The number of aliphatic carboxylic acids is 1. The second-order valence-corrected chi connectivity index (χ2v) is 4.75. The largest absolute Gasteiger partial charge is 0.480 e. The molecule has 1 unspecified atom stereocenters. The molecule has 0 aliphatic rings. The van der Waals surface area contributed by atoms with E-state index in [0.717, 1.165) is 0 Å². The number of carbonyl (C=O) groups is 2. The van der Waals surface area contributed by atoms with Gasteiger partial charge in [-0.15, -0.1) is 0 Å². The first-order chi connectivity index (χ1) is 8.32. The highest BCUT2D eigenvalue weighted by atomic mass is 35.5. The normalized spacial score (nSPS) is 12.3. The third kappa shape index (κ3) is 3.58. The van der Waals surface area contributed by atoms with Crippen LogP contribution in [0.5, 0.6) is 0 Å². The lowest BCUT2D eigenvalue weighted by molar-refractivity contribution is -0.140. The molecule has 0 saturated carbocycles.